The van der Waals surface area contributed by atoms with Crippen LogP contribution in [0.2, 0.25) is 0 Å². The lowest BCUT2D eigenvalue weighted by Crippen LogP contribution is -2.10. The van der Waals surface area contributed by atoms with Crippen LogP contribution in [-0.4, -0.2) is 11.5 Å². The molecule has 1 aliphatic rings. The van der Waals surface area contributed by atoms with Crippen molar-refractivity contribution in [3.8, 4) is 11.1 Å². The Morgan fingerprint density at radius 2 is 1.33 bits per heavy atom. The second-order valence-corrected chi connectivity index (χ2v) is 13.2. The van der Waals surface area contributed by atoms with E-state index in [0.29, 0.717) is 5.71 Å². The first kappa shape index (κ1) is 28.0. The van der Waals surface area contributed by atoms with E-state index in [1.165, 1.54) is 37.9 Å². The van der Waals surface area contributed by atoms with Gasteiger partial charge in [-0.15, -0.1) is 0 Å². The van der Waals surface area contributed by atoms with Crippen LogP contribution >= 0.6 is 0 Å². The molecule has 7 aromatic carbocycles. The maximum Gasteiger partial charge on any atom is 0.227 e. The van der Waals surface area contributed by atoms with Crippen LogP contribution in [0.5, 0.6) is 0 Å². The predicted octanol–water partition coefficient (Wildman–Crippen LogP) is 12.8. The zero-order valence-electron chi connectivity index (χ0n) is 27.4. The molecule has 0 fully saturated rings. The molecule has 10 aromatic rings. The third kappa shape index (κ3) is 4.31. The van der Waals surface area contributed by atoms with Gasteiger partial charge in [-0.05, 0) is 110 Å². The van der Waals surface area contributed by atoms with Gasteiger partial charge in [0, 0.05) is 40.3 Å². The summed E-state index contributed by atoms with van der Waals surface area (Å²) in [5.41, 5.74) is 8.61. The second kappa shape index (κ2) is 10.8. The molecule has 0 spiro atoms. The van der Waals surface area contributed by atoms with Gasteiger partial charge in [0.2, 0.25) is 5.71 Å². The Morgan fingerprint density at radius 1 is 0.569 bits per heavy atom. The van der Waals surface area contributed by atoms with Crippen molar-refractivity contribution >= 4 is 94.2 Å². The number of hydrogen-bond acceptors (Lipinski definition) is 5. The highest BCUT2D eigenvalue weighted by molar-refractivity contribution is 6.20. The van der Waals surface area contributed by atoms with Gasteiger partial charge in [0.1, 0.15) is 5.58 Å². The van der Waals surface area contributed by atoms with E-state index >= 15 is 0 Å². The van der Waals surface area contributed by atoms with Crippen molar-refractivity contribution in [1.82, 2.24) is 4.98 Å². The number of anilines is 4. The van der Waals surface area contributed by atoms with Crippen molar-refractivity contribution in [1.29, 1.82) is 0 Å². The van der Waals surface area contributed by atoms with Crippen LogP contribution in [-0.2, 0) is 0 Å². The number of rotatable bonds is 4. The van der Waals surface area contributed by atoms with Gasteiger partial charge in [-0.25, -0.2) is 4.98 Å². The fraction of sp³-hybridized carbons (Fsp3) is 0.0217. The lowest BCUT2D eigenvalue weighted by Gasteiger charge is -2.26. The molecule has 0 saturated heterocycles. The Kier molecular flexibility index (Phi) is 5.95. The summed E-state index contributed by atoms with van der Waals surface area (Å²) in [6.07, 6.45) is 5.91. The average molecular weight is 656 g/mol. The summed E-state index contributed by atoms with van der Waals surface area (Å²) >= 11 is 0. The molecule has 5 nitrogen and oxygen atoms in total. The second-order valence-electron chi connectivity index (χ2n) is 13.2. The molecule has 0 saturated carbocycles. The first-order valence-electron chi connectivity index (χ1n) is 17.2. The highest BCUT2D eigenvalue weighted by Gasteiger charge is 2.23. The van der Waals surface area contributed by atoms with E-state index in [1.54, 1.807) is 6.20 Å². The van der Waals surface area contributed by atoms with Crippen LogP contribution in [0.25, 0.3) is 82.6 Å². The standard InChI is InChI=1S/C46H29N3O2/c1-2-7-35-29(6-1)12-15-31-16-13-30-14-17-32(26-38(30)43(31)35)28-18-20-33(21-19-28)49(34-22-23-41-39(27-34)36-9-4-25-48-46(36)51-41)40-10-3-8-37-44-42(50-45(37)40)11-5-24-47-44/h1-23,25-27,47H,24H2. The number of aromatic nitrogens is 1. The average Bonchev–Trinajstić information content (AvgIpc) is 3.77. The molecular formula is C46H29N3O2. The van der Waals surface area contributed by atoms with Gasteiger partial charge in [-0.3, -0.25) is 0 Å². The van der Waals surface area contributed by atoms with E-state index in [1.807, 2.05) is 12.1 Å². The van der Waals surface area contributed by atoms with Crippen LogP contribution < -0.4 is 10.2 Å². The molecule has 0 unspecified atom stereocenters. The molecule has 0 radical (unpaired) electrons. The van der Waals surface area contributed by atoms with E-state index in [-0.39, 0.29) is 0 Å². The summed E-state index contributed by atoms with van der Waals surface area (Å²) in [6, 6.07) is 49.9. The molecule has 0 bridgehead atoms. The Hall–Kier alpha value is -6.85. The minimum atomic E-state index is 0.635. The van der Waals surface area contributed by atoms with Crippen molar-refractivity contribution in [2.24, 2.45) is 0 Å². The van der Waals surface area contributed by atoms with E-state index in [9.17, 15) is 0 Å². The van der Waals surface area contributed by atoms with E-state index in [0.717, 1.165) is 67.9 Å². The Morgan fingerprint density at radius 3 is 2.25 bits per heavy atom. The summed E-state index contributed by atoms with van der Waals surface area (Å²) in [6.45, 7) is 0.774. The molecule has 11 rings (SSSR count). The van der Waals surface area contributed by atoms with E-state index < -0.39 is 0 Å². The third-order valence-corrected chi connectivity index (χ3v) is 10.3. The molecule has 3 aromatic heterocycles. The van der Waals surface area contributed by atoms with Gasteiger partial charge >= 0.3 is 0 Å². The molecular weight excluding hydrogens is 627 g/mol. The maximum atomic E-state index is 6.57. The quantitative estimate of drug-likeness (QED) is 0.191. The number of furan rings is 2. The molecule has 0 amide bonds. The number of hydrogen-bond donors (Lipinski definition) is 1. The Labute approximate surface area is 292 Å². The fourth-order valence-corrected chi connectivity index (χ4v) is 7.90. The Balaban J connectivity index is 1.08. The highest BCUT2D eigenvalue weighted by Crippen LogP contribution is 2.45. The zero-order chi connectivity index (χ0) is 33.5. The molecule has 51 heavy (non-hydrogen) atoms. The van der Waals surface area contributed by atoms with Gasteiger partial charge in [0.15, 0.2) is 11.3 Å². The number of benzene rings is 7. The zero-order valence-corrected chi connectivity index (χ0v) is 27.4. The SMILES string of the molecule is C1=Cc2oc3c(N(c4ccc(-c5ccc6ccc7ccc8ccccc8c7c6c5)cc4)c4ccc5oc6ncccc6c5c4)cccc3c2NC1. The lowest BCUT2D eigenvalue weighted by atomic mass is 9.94. The summed E-state index contributed by atoms with van der Waals surface area (Å²) < 4.78 is 12.7. The molecule has 1 aliphatic heterocycles. The van der Waals surface area contributed by atoms with Gasteiger partial charge in [0.05, 0.1) is 11.4 Å². The van der Waals surface area contributed by atoms with Crippen LogP contribution in [0, 0.1) is 0 Å². The molecule has 1 N–H and O–H groups in total. The summed E-state index contributed by atoms with van der Waals surface area (Å²) in [4.78, 5) is 6.74. The van der Waals surface area contributed by atoms with Crippen molar-refractivity contribution < 1.29 is 8.83 Å². The van der Waals surface area contributed by atoms with E-state index in [2.05, 4.69) is 155 Å². The minimum absolute atomic E-state index is 0.635. The number of para-hydroxylation sites is 1. The minimum Gasteiger partial charge on any atom is -0.452 e. The first-order chi connectivity index (χ1) is 25.3. The molecule has 4 heterocycles. The first-order valence-corrected chi connectivity index (χ1v) is 17.2. The Bertz CT molecular complexity index is 3040. The number of nitrogens with one attached hydrogen (secondary N) is 1. The van der Waals surface area contributed by atoms with Crippen molar-refractivity contribution in [2.75, 3.05) is 16.8 Å². The smallest absolute Gasteiger partial charge is 0.227 e. The number of nitrogens with zero attached hydrogens (tertiary/aromatic N) is 2. The van der Waals surface area contributed by atoms with Crippen LogP contribution in [0.15, 0.2) is 161 Å². The predicted molar refractivity (Wildman–Crippen MR) is 211 cm³/mol. The third-order valence-electron chi connectivity index (χ3n) is 10.3. The van der Waals surface area contributed by atoms with Crippen molar-refractivity contribution in [2.45, 2.75) is 0 Å². The van der Waals surface area contributed by atoms with Crippen LogP contribution in [0.3, 0.4) is 0 Å². The maximum absolute atomic E-state index is 6.57. The van der Waals surface area contributed by atoms with Gasteiger partial charge < -0.3 is 19.1 Å². The molecule has 240 valence electrons. The monoisotopic (exact) mass is 655 g/mol. The molecule has 0 atom stereocenters. The summed E-state index contributed by atoms with van der Waals surface area (Å²) in [5, 5.41) is 14.2. The van der Waals surface area contributed by atoms with Crippen molar-refractivity contribution in [3.05, 3.63) is 158 Å². The molecule has 0 aliphatic carbocycles. The fourth-order valence-electron chi connectivity index (χ4n) is 7.90. The normalized spacial score (nSPS) is 12.7. The van der Waals surface area contributed by atoms with Crippen LogP contribution in [0.4, 0.5) is 22.7 Å². The van der Waals surface area contributed by atoms with Crippen molar-refractivity contribution in [3.63, 3.8) is 0 Å². The number of fused-ring (bicyclic) bond motifs is 11. The topological polar surface area (TPSA) is 54.4 Å². The van der Waals surface area contributed by atoms with Crippen LogP contribution in [0.1, 0.15) is 5.76 Å². The number of pyridine rings is 1. The van der Waals surface area contributed by atoms with Gasteiger partial charge in [0.25, 0.3) is 0 Å². The largest absolute Gasteiger partial charge is 0.452 e. The summed E-state index contributed by atoms with van der Waals surface area (Å²) in [5.74, 6) is 0.845. The summed E-state index contributed by atoms with van der Waals surface area (Å²) in [7, 11) is 0. The van der Waals surface area contributed by atoms with Gasteiger partial charge in [-0.1, -0.05) is 84.9 Å². The van der Waals surface area contributed by atoms with E-state index in [4.69, 9.17) is 8.83 Å². The lowest BCUT2D eigenvalue weighted by molar-refractivity contribution is 0.604. The van der Waals surface area contributed by atoms with Gasteiger partial charge in [-0.2, -0.15) is 0 Å². The molecule has 5 heteroatoms. The highest BCUT2D eigenvalue weighted by atomic mass is 16.3.